The third kappa shape index (κ3) is 3.31. The zero-order valence-corrected chi connectivity index (χ0v) is 10.6. The molecule has 1 heterocycles. The maximum atomic E-state index is 10.9. The fourth-order valence-corrected chi connectivity index (χ4v) is 2.30. The van der Waals surface area contributed by atoms with Crippen molar-refractivity contribution in [2.45, 2.75) is 25.8 Å². The van der Waals surface area contributed by atoms with Crippen molar-refractivity contribution in [1.29, 1.82) is 0 Å². The molecule has 98 valence electrons. The summed E-state index contributed by atoms with van der Waals surface area (Å²) in [6, 6.07) is 7.44. The molecule has 1 fully saturated rings. The van der Waals surface area contributed by atoms with Gasteiger partial charge in [0, 0.05) is 26.2 Å². The van der Waals surface area contributed by atoms with Crippen molar-refractivity contribution in [2.75, 3.05) is 13.2 Å². The Morgan fingerprint density at radius 2 is 2.17 bits per heavy atom. The molecular formula is C14H19NO3. The maximum Gasteiger partial charge on any atom is 0.308 e. The van der Waals surface area contributed by atoms with Crippen molar-refractivity contribution in [3.63, 3.8) is 0 Å². The highest BCUT2D eigenvalue weighted by Gasteiger charge is 2.22. The number of hydrogen-bond donors (Lipinski definition) is 1. The van der Waals surface area contributed by atoms with E-state index in [0.29, 0.717) is 11.7 Å². The molecule has 2 rings (SSSR count). The van der Waals surface area contributed by atoms with Gasteiger partial charge in [-0.15, -0.1) is 0 Å². The molecule has 1 saturated heterocycles. The quantitative estimate of drug-likeness (QED) is 0.657. The van der Waals surface area contributed by atoms with Gasteiger partial charge in [0.1, 0.15) is 5.75 Å². The summed E-state index contributed by atoms with van der Waals surface area (Å²) < 4.78 is 10.4. The van der Waals surface area contributed by atoms with Crippen LogP contribution < -0.4 is 10.5 Å². The smallest absolute Gasteiger partial charge is 0.308 e. The minimum absolute atomic E-state index is 0.0237. The first-order chi connectivity index (χ1) is 8.66. The number of benzene rings is 1. The van der Waals surface area contributed by atoms with Crippen LogP contribution in [-0.4, -0.2) is 19.2 Å². The second-order valence-electron chi connectivity index (χ2n) is 4.64. The Labute approximate surface area is 107 Å². The summed E-state index contributed by atoms with van der Waals surface area (Å²) >= 11 is 0. The van der Waals surface area contributed by atoms with Crippen LogP contribution in [0.15, 0.2) is 24.3 Å². The van der Waals surface area contributed by atoms with Gasteiger partial charge in [0.25, 0.3) is 0 Å². The summed E-state index contributed by atoms with van der Waals surface area (Å²) in [6.07, 6.45) is 1.97. The minimum Gasteiger partial charge on any atom is -0.427 e. The van der Waals surface area contributed by atoms with E-state index in [1.165, 1.54) is 6.92 Å². The van der Waals surface area contributed by atoms with Crippen LogP contribution in [0.3, 0.4) is 0 Å². The number of esters is 1. The summed E-state index contributed by atoms with van der Waals surface area (Å²) in [6.45, 7) is 2.95. The van der Waals surface area contributed by atoms with E-state index in [2.05, 4.69) is 0 Å². The van der Waals surface area contributed by atoms with Gasteiger partial charge in [-0.25, -0.2) is 0 Å². The molecule has 0 amide bonds. The van der Waals surface area contributed by atoms with Crippen LogP contribution in [0.1, 0.15) is 31.4 Å². The first kappa shape index (κ1) is 13.1. The van der Waals surface area contributed by atoms with Crippen LogP contribution in [0.2, 0.25) is 0 Å². The summed E-state index contributed by atoms with van der Waals surface area (Å²) in [7, 11) is 0. The third-order valence-electron chi connectivity index (χ3n) is 3.28. The number of hydrogen-bond acceptors (Lipinski definition) is 4. The Morgan fingerprint density at radius 1 is 1.44 bits per heavy atom. The molecule has 4 heteroatoms. The molecular weight excluding hydrogens is 230 g/mol. The molecule has 0 aromatic heterocycles. The van der Waals surface area contributed by atoms with Crippen molar-refractivity contribution < 1.29 is 14.3 Å². The third-order valence-corrected chi connectivity index (χ3v) is 3.28. The average Bonchev–Trinajstić information content (AvgIpc) is 2.38. The topological polar surface area (TPSA) is 61.5 Å². The van der Waals surface area contributed by atoms with E-state index in [1.54, 1.807) is 6.07 Å². The van der Waals surface area contributed by atoms with Gasteiger partial charge in [0.2, 0.25) is 0 Å². The molecule has 4 nitrogen and oxygen atoms in total. The fraction of sp³-hybridized carbons (Fsp3) is 0.500. The van der Waals surface area contributed by atoms with E-state index >= 15 is 0 Å². The lowest BCUT2D eigenvalue weighted by Crippen LogP contribution is -2.27. The van der Waals surface area contributed by atoms with Gasteiger partial charge in [-0.2, -0.15) is 0 Å². The van der Waals surface area contributed by atoms with Crippen molar-refractivity contribution in [1.82, 2.24) is 0 Å². The zero-order valence-electron chi connectivity index (χ0n) is 10.6. The van der Waals surface area contributed by atoms with Crippen molar-refractivity contribution in [3.8, 4) is 5.75 Å². The molecule has 1 aromatic carbocycles. The molecule has 0 bridgehead atoms. The number of nitrogens with two attached hydrogens (primary N) is 1. The molecule has 18 heavy (non-hydrogen) atoms. The van der Waals surface area contributed by atoms with Crippen molar-refractivity contribution >= 4 is 5.97 Å². The Bertz CT molecular complexity index is 413. The average molecular weight is 249 g/mol. The summed E-state index contributed by atoms with van der Waals surface area (Å²) in [5.74, 6) is 0.681. The minimum atomic E-state index is -0.313. The van der Waals surface area contributed by atoms with Crippen LogP contribution in [-0.2, 0) is 9.53 Å². The van der Waals surface area contributed by atoms with Gasteiger partial charge < -0.3 is 15.2 Å². The highest BCUT2D eigenvalue weighted by atomic mass is 16.5. The van der Waals surface area contributed by atoms with Crippen LogP contribution in [0, 0.1) is 5.92 Å². The van der Waals surface area contributed by atoms with Gasteiger partial charge in [-0.1, -0.05) is 12.1 Å². The van der Waals surface area contributed by atoms with E-state index in [1.807, 2.05) is 18.2 Å². The molecule has 0 unspecified atom stereocenters. The molecule has 0 spiro atoms. The first-order valence-electron chi connectivity index (χ1n) is 6.28. The second kappa shape index (κ2) is 5.98. The largest absolute Gasteiger partial charge is 0.427 e. The SMILES string of the molecule is CC(=O)Oc1cccc([C@@H](N)C2CCOCC2)c1. The van der Waals surface area contributed by atoms with Gasteiger partial charge in [0.15, 0.2) is 0 Å². The standard InChI is InChI=1S/C14H19NO3/c1-10(16)18-13-4-2-3-12(9-13)14(15)11-5-7-17-8-6-11/h2-4,9,11,14H,5-8,15H2,1H3/t14-/m0/s1. The maximum absolute atomic E-state index is 10.9. The summed E-state index contributed by atoms with van der Waals surface area (Å²) in [5, 5.41) is 0. The Hall–Kier alpha value is -1.39. The lowest BCUT2D eigenvalue weighted by Gasteiger charge is -2.28. The molecule has 1 aliphatic rings. The number of rotatable bonds is 3. The molecule has 0 aliphatic carbocycles. The van der Waals surface area contributed by atoms with Crippen molar-refractivity contribution in [3.05, 3.63) is 29.8 Å². The normalized spacial score (nSPS) is 18.3. The Balaban J connectivity index is 2.09. The van der Waals surface area contributed by atoms with Crippen LogP contribution in [0.4, 0.5) is 0 Å². The van der Waals surface area contributed by atoms with Gasteiger partial charge >= 0.3 is 5.97 Å². The number of carbonyl (C=O) groups excluding carboxylic acids is 1. The van der Waals surface area contributed by atoms with E-state index in [4.69, 9.17) is 15.2 Å². The monoisotopic (exact) mass is 249 g/mol. The lowest BCUT2D eigenvalue weighted by atomic mass is 9.88. The van der Waals surface area contributed by atoms with Crippen molar-refractivity contribution in [2.24, 2.45) is 11.7 Å². The van der Waals surface area contributed by atoms with Crippen LogP contribution in [0.5, 0.6) is 5.75 Å². The number of carbonyl (C=O) groups is 1. The summed E-state index contributed by atoms with van der Waals surface area (Å²) in [4.78, 5) is 10.9. The fourth-order valence-electron chi connectivity index (χ4n) is 2.30. The molecule has 2 N–H and O–H groups in total. The van der Waals surface area contributed by atoms with Gasteiger partial charge in [-0.05, 0) is 36.5 Å². The predicted octanol–water partition coefficient (Wildman–Crippen LogP) is 2.04. The Morgan fingerprint density at radius 3 is 2.83 bits per heavy atom. The first-order valence-corrected chi connectivity index (χ1v) is 6.28. The zero-order chi connectivity index (χ0) is 13.0. The number of ether oxygens (including phenoxy) is 2. The molecule has 1 atom stereocenters. The van der Waals surface area contributed by atoms with Crippen LogP contribution >= 0.6 is 0 Å². The van der Waals surface area contributed by atoms with E-state index in [0.717, 1.165) is 31.6 Å². The molecule has 0 saturated carbocycles. The Kier molecular flexibility index (Phi) is 4.33. The second-order valence-corrected chi connectivity index (χ2v) is 4.64. The van der Waals surface area contributed by atoms with E-state index in [-0.39, 0.29) is 12.0 Å². The van der Waals surface area contributed by atoms with E-state index in [9.17, 15) is 4.79 Å². The molecule has 1 aromatic rings. The predicted molar refractivity (Wildman–Crippen MR) is 68.2 cm³/mol. The van der Waals surface area contributed by atoms with Crippen LogP contribution in [0.25, 0.3) is 0 Å². The lowest BCUT2D eigenvalue weighted by molar-refractivity contribution is -0.131. The van der Waals surface area contributed by atoms with Gasteiger partial charge in [0.05, 0.1) is 0 Å². The van der Waals surface area contributed by atoms with Gasteiger partial charge in [-0.3, -0.25) is 4.79 Å². The highest BCUT2D eigenvalue weighted by Crippen LogP contribution is 2.29. The molecule has 1 aliphatic heterocycles. The summed E-state index contributed by atoms with van der Waals surface area (Å²) in [5.41, 5.74) is 7.29. The molecule has 0 radical (unpaired) electrons. The highest BCUT2D eigenvalue weighted by molar-refractivity contribution is 5.69. The van der Waals surface area contributed by atoms with E-state index < -0.39 is 0 Å².